The third-order valence-corrected chi connectivity index (χ3v) is 2.84. The largest absolute Gasteiger partial charge is 0.481 e. The quantitative estimate of drug-likeness (QED) is 0.625. The van der Waals surface area contributed by atoms with E-state index in [0.717, 1.165) is 0 Å². The Labute approximate surface area is 114 Å². The molecule has 0 radical (unpaired) electrons. The first-order valence-electron chi connectivity index (χ1n) is 6.47. The second kappa shape index (κ2) is 7.99. The summed E-state index contributed by atoms with van der Waals surface area (Å²) in [7, 11) is 1.57. The fourth-order valence-corrected chi connectivity index (χ4v) is 1.48. The number of methoxy groups -OCH3 is 1. The highest BCUT2D eigenvalue weighted by Crippen LogP contribution is 2.11. The highest BCUT2D eigenvalue weighted by molar-refractivity contribution is 5.75. The second-order valence-corrected chi connectivity index (χ2v) is 5.69. The average molecular weight is 274 g/mol. The summed E-state index contributed by atoms with van der Waals surface area (Å²) >= 11 is 0. The van der Waals surface area contributed by atoms with E-state index >= 15 is 0 Å². The number of carboxylic acids is 1. The maximum atomic E-state index is 11.5. The molecule has 1 atom stereocenters. The van der Waals surface area contributed by atoms with Gasteiger partial charge in [0.2, 0.25) is 0 Å². The molecule has 2 amide bonds. The predicted molar refractivity (Wildman–Crippen MR) is 73.1 cm³/mol. The number of carbonyl (C=O) groups excluding carboxylic acids is 1. The lowest BCUT2D eigenvalue weighted by Gasteiger charge is -2.23. The van der Waals surface area contributed by atoms with Crippen molar-refractivity contribution in [3.05, 3.63) is 0 Å². The predicted octanol–water partition coefficient (Wildman–Crippen LogP) is 1.46. The number of ether oxygens (including phenoxy) is 1. The van der Waals surface area contributed by atoms with Crippen LogP contribution in [0.3, 0.4) is 0 Å². The lowest BCUT2D eigenvalue weighted by Crippen LogP contribution is -2.46. The first-order chi connectivity index (χ1) is 8.68. The molecular weight excluding hydrogens is 248 g/mol. The van der Waals surface area contributed by atoms with Crippen LogP contribution in [0.2, 0.25) is 0 Å². The Kier molecular flexibility index (Phi) is 7.44. The molecule has 1 unspecified atom stereocenters. The number of hydrogen-bond donors (Lipinski definition) is 3. The minimum absolute atomic E-state index is 0.132. The Bertz CT molecular complexity index is 303. The molecule has 19 heavy (non-hydrogen) atoms. The smallest absolute Gasteiger partial charge is 0.314 e. The van der Waals surface area contributed by atoms with E-state index in [2.05, 4.69) is 10.6 Å². The van der Waals surface area contributed by atoms with Gasteiger partial charge >= 0.3 is 12.0 Å². The summed E-state index contributed by atoms with van der Waals surface area (Å²) in [6.45, 7) is 8.11. The first-order valence-corrected chi connectivity index (χ1v) is 6.47. The Morgan fingerprint density at radius 2 is 1.84 bits per heavy atom. The Morgan fingerprint density at radius 3 is 2.26 bits per heavy atom. The van der Waals surface area contributed by atoms with Gasteiger partial charge in [0, 0.05) is 20.2 Å². The minimum atomic E-state index is -0.883. The molecule has 0 aromatic heterocycles. The van der Waals surface area contributed by atoms with Gasteiger partial charge in [-0.1, -0.05) is 13.8 Å². The summed E-state index contributed by atoms with van der Waals surface area (Å²) in [6, 6.07) is -0.375. The van der Waals surface area contributed by atoms with E-state index in [0.29, 0.717) is 13.0 Å². The number of aliphatic carboxylic acids is 1. The van der Waals surface area contributed by atoms with E-state index in [-0.39, 0.29) is 18.5 Å². The second-order valence-electron chi connectivity index (χ2n) is 5.69. The molecular formula is C13H26N2O4. The van der Waals surface area contributed by atoms with Gasteiger partial charge in [-0.15, -0.1) is 0 Å². The lowest BCUT2D eigenvalue weighted by atomic mass is 9.97. The summed E-state index contributed by atoms with van der Waals surface area (Å²) in [5.74, 6) is -1.16. The maximum Gasteiger partial charge on any atom is 0.314 e. The molecule has 6 nitrogen and oxygen atoms in total. The highest BCUT2D eigenvalue weighted by Gasteiger charge is 2.21. The van der Waals surface area contributed by atoms with E-state index in [1.807, 2.05) is 27.7 Å². The molecule has 112 valence electrons. The van der Waals surface area contributed by atoms with Crippen molar-refractivity contribution < 1.29 is 19.4 Å². The molecule has 0 aliphatic carbocycles. The molecule has 6 heteroatoms. The molecule has 0 aliphatic rings. The fraction of sp³-hybridized carbons (Fsp3) is 0.846. The van der Waals surface area contributed by atoms with Crippen molar-refractivity contribution in [1.82, 2.24) is 10.6 Å². The van der Waals surface area contributed by atoms with Crippen LogP contribution in [-0.2, 0) is 9.53 Å². The Hall–Kier alpha value is -1.30. The van der Waals surface area contributed by atoms with Crippen molar-refractivity contribution in [2.75, 3.05) is 20.2 Å². The van der Waals surface area contributed by atoms with Crippen LogP contribution >= 0.6 is 0 Å². The van der Waals surface area contributed by atoms with Crippen molar-refractivity contribution in [2.45, 2.75) is 39.7 Å². The third-order valence-electron chi connectivity index (χ3n) is 2.84. The van der Waals surface area contributed by atoms with Crippen LogP contribution in [-0.4, -0.2) is 42.9 Å². The van der Waals surface area contributed by atoms with E-state index in [4.69, 9.17) is 9.84 Å². The monoisotopic (exact) mass is 274 g/mol. The standard InChI is InChI=1S/C13H26N2O4/c1-9(2)6-10(11(16)17)7-14-12(18)15-8-13(3,4)19-5/h9-10H,6-8H2,1-5H3,(H,16,17)(H2,14,15,18). The van der Waals surface area contributed by atoms with Gasteiger partial charge < -0.3 is 20.5 Å². The number of carboxylic acid groups (broad SMARTS) is 1. The van der Waals surface area contributed by atoms with Crippen molar-refractivity contribution >= 4 is 12.0 Å². The zero-order valence-electron chi connectivity index (χ0n) is 12.4. The molecule has 0 aliphatic heterocycles. The van der Waals surface area contributed by atoms with Crippen molar-refractivity contribution in [3.8, 4) is 0 Å². The molecule has 3 N–H and O–H groups in total. The van der Waals surface area contributed by atoms with Gasteiger partial charge in [-0.3, -0.25) is 4.79 Å². The van der Waals surface area contributed by atoms with Crippen LogP contribution in [0.4, 0.5) is 4.79 Å². The molecule has 0 bridgehead atoms. The van der Waals surface area contributed by atoms with Crippen LogP contribution in [0.1, 0.15) is 34.1 Å². The average Bonchev–Trinajstić information content (AvgIpc) is 2.31. The molecule has 0 aromatic carbocycles. The normalized spacial score (nSPS) is 13.2. The van der Waals surface area contributed by atoms with Gasteiger partial charge in [-0.05, 0) is 26.2 Å². The van der Waals surface area contributed by atoms with Gasteiger partial charge in [0.05, 0.1) is 11.5 Å². The number of amides is 2. The number of urea groups is 1. The van der Waals surface area contributed by atoms with Crippen LogP contribution in [0.5, 0.6) is 0 Å². The van der Waals surface area contributed by atoms with E-state index < -0.39 is 17.5 Å². The van der Waals surface area contributed by atoms with Crippen LogP contribution in [0.15, 0.2) is 0 Å². The van der Waals surface area contributed by atoms with Crippen LogP contribution in [0, 0.1) is 11.8 Å². The lowest BCUT2D eigenvalue weighted by molar-refractivity contribution is -0.142. The summed E-state index contributed by atoms with van der Waals surface area (Å²) in [5, 5.41) is 14.3. The molecule has 0 aromatic rings. The third kappa shape index (κ3) is 8.42. The van der Waals surface area contributed by atoms with E-state index in [1.165, 1.54) is 0 Å². The maximum absolute atomic E-state index is 11.5. The van der Waals surface area contributed by atoms with E-state index in [9.17, 15) is 9.59 Å². The highest BCUT2D eigenvalue weighted by atomic mass is 16.5. The minimum Gasteiger partial charge on any atom is -0.481 e. The molecule has 0 rings (SSSR count). The van der Waals surface area contributed by atoms with Gasteiger partial charge in [0.25, 0.3) is 0 Å². The number of hydrogen-bond acceptors (Lipinski definition) is 3. The Morgan fingerprint density at radius 1 is 1.26 bits per heavy atom. The topological polar surface area (TPSA) is 87.7 Å². The van der Waals surface area contributed by atoms with Gasteiger partial charge in [-0.2, -0.15) is 0 Å². The Balaban J connectivity index is 4.09. The van der Waals surface area contributed by atoms with Gasteiger partial charge in [0.1, 0.15) is 0 Å². The summed E-state index contributed by atoms with van der Waals surface area (Å²) in [5.41, 5.74) is -0.443. The molecule has 0 heterocycles. The van der Waals surface area contributed by atoms with Crippen molar-refractivity contribution in [2.24, 2.45) is 11.8 Å². The van der Waals surface area contributed by atoms with E-state index in [1.54, 1.807) is 7.11 Å². The number of rotatable bonds is 8. The van der Waals surface area contributed by atoms with Crippen LogP contribution in [0.25, 0.3) is 0 Å². The number of nitrogens with one attached hydrogen (secondary N) is 2. The molecule has 0 fully saturated rings. The van der Waals surface area contributed by atoms with Crippen LogP contribution < -0.4 is 10.6 Å². The first kappa shape index (κ1) is 17.7. The zero-order valence-corrected chi connectivity index (χ0v) is 12.4. The van der Waals surface area contributed by atoms with Gasteiger partial charge in [-0.25, -0.2) is 4.79 Å². The SMILES string of the molecule is COC(C)(C)CNC(=O)NCC(CC(C)C)C(=O)O. The summed E-state index contributed by atoms with van der Waals surface area (Å²) in [4.78, 5) is 22.6. The molecule has 0 saturated heterocycles. The van der Waals surface area contributed by atoms with Gasteiger partial charge in [0.15, 0.2) is 0 Å². The zero-order chi connectivity index (χ0) is 15.1. The molecule has 0 spiro atoms. The van der Waals surface area contributed by atoms with Crippen molar-refractivity contribution in [1.29, 1.82) is 0 Å². The number of carbonyl (C=O) groups is 2. The fourth-order valence-electron chi connectivity index (χ4n) is 1.48. The van der Waals surface area contributed by atoms with Crippen molar-refractivity contribution in [3.63, 3.8) is 0 Å². The molecule has 0 saturated carbocycles. The summed E-state index contributed by atoms with van der Waals surface area (Å²) in [6.07, 6.45) is 0.541. The summed E-state index contributed by atoms with van der Waals surface area (Å²) < 4.78 is 5.17.